The third-order valence-corrected chi connectivity index (χ3v) is 5.76. The van der Waals surface area contributed by atoms with Crippen LogP contribution in [-0.2, 0) is 0 Å². The molecular weight excluding hydrogens is 304 g/mol. The van der Waals surface area contributed by atoms with Gasteiger partial charge in [-0.25, -0.2) is 4.98 Å². The van der Waals surface area contributed by atoms with Gasteiger partial charge in [-0.05, 0) is 57.4 Å². The van der Waals surface area contributed by atoms with Crippen LogP contribution in [0.5, 0.6) is 0 Å². The summed E-state index contributed by atoms with van der Waals surface area (Å²) < 4.78 is 0. The third kappa shape index (κ3) is 2.61. The Labute approximate surface area is 139 Å². The van der Waals surface area contributed by atoms with E-state index < -0.39 is 0 Å². The quantitative estimate of drug-likeness (QED) is 0.646. The number of aromatic nitrogens is 1. The van der Waals surface area contributed by atoms with E-state index in [9.17, 15) is 4.79 Å². The number of thiophene rings is 1. The van der Waals surface area contributed by atoms with Crippen molar-refractivity contribution < 1.29 is 4.79 Å². The van der Waals surface area contributed by atoms with Crippen molar-refractivity contribution in [1.82, 2.24) is 9.88 Å². The standard InChI is InChI=1S/C19H20N2OS/c1-12-6-7-16-14(9-12)10-15-11-17(23-18(15)20-16)19(22)21-8-4-3-5-13(21)2/h6-7,9-11,13H,3-5,8H2,1-2H3. The Morgan fingerprint density at radius 2 is 2.09 bits per heavy atom. The van der Waals surface area contributed by atoms with Crippen molar-refractivity contribution in [2.45, 2.75) is 39.2 Å². The van der Waals surface area contributed by atoms with Crippen molar-refractivity contribution in [2.75, 3.05) is 6.54 Å². The number of pyridine rings is 1. The fourth-order valence-corrected chi connectivity index (χ4v) is 4.38. The molecule has 1 atom stereocenters. The molecule has 3 heterocycles. The van der Waals surface area contributed by atoms with Crippen LogP contribution in [-0.4, -0.2) is 28.4 Å². The average Bonchev–Trinajstić information content (AvgIpc) is 2.95. The Bertz CT molecular complexity index is 899. The van der Waals surface area contributed by atoms with Gasteiger partial charge < -0.3 is 4.90 Å². The predicted molar refractivity (Wildman–Crippen MR) is 96.2 cm³/mol. The molecule has 0 saturated carbocycles. The second-order valence-electron chi connectivity index (χ2n) is 6.53. The molecule has 1 aliphatic rings. The molecule has 0 aliphatic carbocycles. The van der Waals surface area contributed by atoms with Crippen LogP contribution in [0.25, 0.3) is 21.1 Å². The summed E-state index contributed by atoms with van der Waals surface area (Å²) in [5.41, 5.74) is 2.22. The molecule has 118 valence electrons. The van der Waals surface area contributed by atoms with Crippen molar-refractivity contribution in [3.05, 3.63) is 40.8 Å². The van der Waals surface area contributed by atoms with E-state index in [1.165, 1.54) is 23.3 Å². The highest BCUT2D eigenvalue weighted by molar-refractivity contribution is 7.20. The average molecular weight is 324 g/mol. The summed E-state index contributed by atoms with van der Waals surface area (Å²) in [4.78, 5) is 21.4. The van der Waals surface area contributed by atoms with Crippen molar-refractivity contribution in [2.24, 2.45) is 0 Å². The third-order valence-electron chi connectivity index (χ3n) is 4.73. The lowest BCUT2D eigenvalue weighted by Crippen LogP contribution is -2.41. The highest BCUT2D eigenvalue weighted by Gasteiger charge is 2.25. The Balaban J connectivity index is 1.76. The molecule has 3 nitrogen and oxygen atoms in total. The molecule has 4 heteroatoms. The predicted octanol–water partition coefficient (Wildman–Crippen LogP) is 4.77. The summed E-state index contributed by atoms with van der Waals surface area (Å²) >= 11 is 1.52. The lowest BCUT2D eigenvalue weighted by molar-refractivity contribution is 0.0641. The Morgan fingerprint density at radius 1 is 1.22 bits per heavy atom. The maximum Gasteiger partial charge on any atom is 0.264 e. The molecule has 2 aromatic heterocycles. The maximum absolute atomic E-state index is 12.8. The monoisotopic (exact) mass is 324 g/mol. The summed E-state index contributed by atoms with van der Waals surface area (Å²) in [6.45, 7) is 5.12. The number of benzene rings is 1. The Kier molecular flexibility index (Phi) is 3.57. The van der Waals surface area contributed by atoms with Gasteiger partial charge in [0.2, 0.25) is 0 Å². The van der Waals surface area contributed by atoms with Crippen LogP contribution in [0.4, 0.5) is 0 Å². The van der Waals surface area contributed by atoms with Crippen LogP contribution < -0.4 is 0 Å². The summed E-state index contributed by atoms with van der Waals surface area (Å²) in [6, 6.07) is 10.8. The largest absolute Gasteiger partial charge is 0.335 e. The van der Waals surface area contributed by atoms with Crippen LogP contribution in [0.15, 0.2) is 30.3 Å². The molecule has 1 fully saturated rings. The molecule has 0 radical (unpaired) electrons. The van der Waals surface area contributed by atoms with Crippen LogP contribution in [0, 0.1) is 6.92 Å². The summed E-state index contributed by atoms with van der Waals surface area (Å²) in [7, 11) is 0. The number of fused-ring (bicyclic) bond motifs is 2. The van der Waals surface area contributed by atoms with Gasteiger partial charge >= 0.3 is 0 Å². The first kappa shape index (κ1) is 14.6. The number of piperidine rings is 1. The van der Waals surface area contributed by atoms with E-state index in [0.29, 0.717) is 6.04 Å². The first-order chi connectivity index (χ1) is 11.1. The first-order valence-corrected chi connectivity index (χ1v) is 9.05. The van der Waals surface area contributed by atoms with Gasteiger partial charge in [-0.2, -0.15) is 0 Å². The smallest absolute Gasteiger partial charge is 0.264 e. The highest BCUT2D eigenvalue weighted by atomic mass is 32.1. The molecule has 1 aliphatic heterocycles. The zero-order valence-electron chi connectivity index (χ0n) is 13.5. The summed E-state index contributed by atoms with van der Waals surface area (Å²) in [5, 5.41) is 2.21. The second-order valence-corrected chi connectivity index (χ2v) is 7.56. The molecule has 0 spiro atoms. The van der Waals surface area contributed by atoms with E-state index in [1.807, 2.05) is 11.0 Å². The van der Waals surface area contributed by atoms with Crippen molar-refractivity contribution in [3.8, 4) is 0 Å². The number of aryl methyl sites for hydroxylation is 1. The number of hydrogen-bond acceptors (Lipinski definition) is 3. The molecule has 1 saturated heterocycles. The number of carbonyl (C=O) groups is 1. The zero-order chi connectivity index (χ0) is 16.0. The maximum atomic E-state index is 12.8. The minimum Gasteiger partial charge on any atom is -0.335 e. The first-order valence-electron chi connectivity index (χ1n) is 8.24. The van der Waals surface area contributed by atoms with Crippen LogP contribution >= 0.6 is 11.3 Å². The van der Waals surface area contributed by atoms with Gasteiger partial charge in [-0.1, -0.05) is 11.6 Å². The number of amides is 1. The molecule has 4 rings (SSSR count). The van der Waals surface area contributed by atoms with E-state index in [1.54, 1.807) is 0 Å². The van der Waals surface area contributed by atoms with E-state index in [0.717, 1.165) is 45.4 Å². The van der Waals surface area contributed by atoms with Gasteiger partial charge in [0.25, 0.3) is 5.91 Å². The molecule has 0 N–H and O–H groups in total. The van der Waals surface area contributed by atoms with Crippen molar-refractivity contribution in [3.63, 3.8) is 0 Å². The topological polar surface area (TPSA) is 33.2 Å². The van der Waals surface area contributed by atoms with Crippen LogP contribution in [0.1, 0.15) is 41.4 Å². The van der Waals surface area contributed by atoms with E-state index in [2.05, 4.69) is 38.1 Å². The number of hydrogen-bond donors (Lipinski definition) is 0. The van der Waals surface area contributed by atoms with Crippen LogP contribution in [0.3, 0.4) is 0 Å². The normalized spacial score (nSPS) is 18.7. The Hall–Kier alpha value is -1.94. The number of rotatable bonds is 1. The molecule has 23 heavy (non-hydrogen) atoms. The summed E-state index contributed by atoms with van der Waals surface area (Å²) in [5.74, 6) is 0.167. The van der Waals surface area contributed by atoms with Gasteiger partial charge in [0, 0.05) is 23.4 Å². The second kappa shape index (κ2) is 5.60. The van der Waals surface area contributed by atoms with E-state index in [-0.39, 0.29) is 5.91 Å². The van der Waals surface area contributed by atoms with E-state index >= 15 is 0 Å². The van der Waals surface area contributed by atoms with Crippen molar-refractivity contribution in [1.29, 1.82) is 0 Å². The van der Waals surface area contributed by atoms with Crippen molar-refractivity contribution >= 4 is 38.4 Å². The molecule has 0 bridgehead atoms. The minimum absolute atomic E-state index is 0.167. The lowest BCUT2D eigenvalue weighted by atomic mass is 10.0. The summed E-state index contributed by atoms with van der Waals surface area (Å²) in [6.07, 6.45) is 3.45. The lowest BCUT2D eigenvalue weighted by Gasteiger charge is -2.33. The molecule has 1 amide bonds. The van der Waals surface area contributed by atoms with Gasteiger partial charge in [0.05, 0.1) is 10.4 Å². The number of carbonyl (C=O) groups excluding carboxylic acids is 1. The molecular formula is C19H20N2OS. The Morgan fingerprint density at radius 3 is 2.91 bits per heavy atom. The van der Waals surface area contributed by atoms with Crippen LogP contribution in [0.2, 0.25) is 0 Å². The van der Waals surface area contributed by atoms with Gasteiger partial charge in [0.15, 0.2) is 0 Å². The number of likely N-dealkylation sites (tertiary alicyclic amines) is 1. The van der Waals surface area contributed by atoms with Gasteiger partial charge in [0.1, 0.15) is 4.83 Å². The SMILES string of the molecule is Cc1ccc2nc3sc(C(=O)N4CCCCC4C)cc3cc2c1. The fourth-order valence-electron chi connectivity index (χ4n) is 3.40. The number of nitrogens with zero attached hydrogens (tertiary/aromatic N) is 2. The molecule has 1 unspecified atom stereocenters. The molecule has 1 aromatic carbocycles. The minimum atomic E-state index is 0.167. The van der Waals surface area contributed by atoms with E-state index in [4.69, 9.17) is 4.98 Å². The van der Waals surface area contributed by atoms with Gasteiger partial charge in [-0.3, -0.25) is 4.79 Å². The van der Waals surface area contributed by atoms with Gasteiger partial charge in [-0.15, -0.1) is 11.3 Å². The molecule has 3 aromatic rings. The highest BCUT2D eigenvalue weighted by Crippen LogP contribution is 2.30. The fraction of sp³-hybridized carbons (Fsp3) is 0.368. The zero-order valence-corrected chi connectivity index (χ0v) is 14.3.